The van der Waals surface area contributed by atoms with Crippen molar-refractivity contribution in [3.05, 3.63) is 77.9 Å². The number of benzene rings is 2. The minimum Gasteiger partial charge on any atom is -0.456 e. The van der Waals surface area contributed by atoms with Gasteiger partial charge in [0.25, 0.3) is 0 Å². The van der Waals surface area contributed by atoms with Crippen molar-refractivity contribution in [3.8, 4) is 0 Å². The first-order valence-corrected chi connectivity index (χ1v) is 7.87. The summed E-state index contributed by atoms with van der Waals surface area (Å²) in [5.41, 5.74) is 10.2. The topological polar surface area (TPSA) is 39.2 Å². The summed E-state index contributed by atoms with van der Waals surface area (Å²) in [6.07, 6.45) is 10.1. The summed E-state index contributed by atoms with van der Waals surface area (Å²) < 4.78 is 5.92. The van der Waals surface area contributed by atoms with Gasteiger partial charge >= 0.3 is 0 Å². The van der Waals surface area contributed by atoms with Crippen molar-refractivity contribution in [2.75, 3.05) is 0 Å². The Morgan fingerprint density at radius 2 is 1.83 bits per heavy atom. The molecule has 0 amide bonds. The third kappa shape index (κ3) is 3.13. The van der Waals surface area contributed by atoms with Crippen LogP contribution in [0.25, 0.3) is 28.0 Å². The van der Waals surface area contributed by atoms with Gasteiger partial charge in [0.15, 0.2) is 0 Å². The van der Waals surface area contributed by atoms with Crippen LogP contribution in [0, 0.1) is 0 Å². The molecule has 0 spiro atoms. The molecular formula is C21H21NO. The molecule has 2 aromatic carbocycles. The molecule has 0 aliphatic heterocycles. The highest BCUT2D eigenvalue weighted by atomic mass is 16.3. The van der Waals surface area contributed by atoms with Gasteiger partial charge in [-0.25, -0.2) is 0 Å². The molecule has 0 radical (unpaired) electrons. The summed E-state index contributed by atoms with van der Waals surface area (Å²) in [6, 6.07) is 14.3. The maximum Gasteiger partial charge on any atom is 0.136 e. The zero-order valence-electron chi connectivity index (χ0n) is 13.5. The molecule has 23 heavy (non-hydrogen) atoms. The van der Waals surface area contributed by atoms with Crippen LogP contribution in [-0.4, -0.2) is 6.04 Å². The molecule has 116 valence electrons. The van der Waals surface area contributed by atoms with E-state index in [1.807, 2.05) is 62.4 Å². The van der Waals surface area contributed by atoms with Crippen molar-refractivity contribution >= 4 is 28.0 Å². The minimum absolute atomic E-state index is 0.109. The fourth-order valence-corrected chi connectivity index (χ4v) is 2.76. The van der Waals surface area contributed by atoms with Gasteiger partial charge in [-0.3, -0.25) is 0 Å². The monoisotopic (exact) mass is 303 g/mol. The number of allylic oxidation sites excluding steroid dienone is 2. The third-order valence-corrected chi connectivity index (χ3v) is 3.98. The molecule has 0 bridgehead atoms. The Bertz CT molecular complexity index is 912. The fraction of sp³-hybridized carbons (Fsp3) is 0.143. The van der Waals surface area contributed by atoms with Crippen molar-refractivity contribution < 1.29 is 4.42 Å². The zero-order chi connectivity index (χ0) is 16.2. The van der Waals surface area contributed by atoms with E-state index in [1.165, 1.54) is 0 Å². The SMILES string of the molecule is C/C=C\C(=C/C)C(N)/C=C/c1ccc2c(c1)oc1ccccc12. The second-order valence-corrected chi connectivity index (χ2v) is 5.53. The molecule has 2 heteroatoms. The Morgan fingerprint density at radius 1 is 1.04 bits per heavy atom. The van der Waals surface area contributed by atoms with E-state index in [-0.39, 0.29) is 6.04 Å². The van der Waals surface area contributed by atoms with E-state index < -0.39 is 0 Å². The summed E-state index contributed by atoms with van der Waals surface area (Å²) in [6.45, 7) is 4.00. The van der Waals surface area contributed by atoms with Crippen LogP contribution in [0.5, 0.6) is 0 Å². The van der Waals surface area contributed by atoms with Crippen LogP contribution in [0.4, 0.5) is 0 Å². The van der Waals surface area contributed by atoms with Crippen LogP contribution in [0.1, 0.15) is 19.4 Å². The van der Waals surface area contributed by atoms with Crippen molar-refractivity contribution in [3.63, 3.8) is 0 Å². The van der Waals surface area contributed by atoms with Gasteiger partial charge in [-0.05, 0) is 43.2 Å². The van der Waals surface area contributed by atoms with Gasteiger partial charge in [0.05, 0.1) is 0 Å². The lowest BCUT2D eigenvalue weighted by Gasteiger charge is -2.07. The van der Waals surface area contributed by atoms with Gasteiger partial charge in [-0.15, -0.1) is 0 Å². The second kappa shape index (κ2) is 6.67. The molecule has 1 unspecified atom stereocenters. The van der Waals surface area contributed by atoms with Crippen LogP contribution in [0.3, 0.4) is 0 Å². The van der Waals surface area contributed by atoms with Gasteiger partial charge < -0.3 is 10.2 Å². The van der Waals surface area contributed by atoms with Gasteiger partial charge in [0, 0.05) is 16.8 Å². The first-order valence-electron chi connectivity index (χ1n) is 7.87. The molecule has 3 rings (SSSR count). The molecular weight excluding hydrogens is 282 g/mol. The molecule has 1 aromatic heterocycles. The summed E-state index contributed by atoms with van der Waals surface area (Å²) in [5, 5.41) is 2.30. The lowest BCUT2D eigenvalue weighted by molar-refractivity contribution is 0.669. The average Bonchev–Trinajstić information content (AvgIpc) is 2.95. The predicted octanol–water partition coefficient (Wildman–Crippen LogP) is 5.45. The van der Waals surface area contributed by atoms with Crippen molar-refractivity contribution in [2.45, 2.75) is 19.9 Å². The smallest absolute Gasteiger partial charge is 0.136 e. The first-order chi connectivity index (χ1) is 11.2. The first kappa shape index (κ1) is 15.3. The maximum atomic E-state index is 6.21. The standard InChI is InChI=1S/C21H21NO/c1-3-7-16(4-2)19(22)13-11-15-10-12-18-17-8-5-6-9-20(17)23-21(18)14-15/h3-14,19H,22H2,1-2H3/b7-3-,13-11+,16-4+. The summed E-state index contributed by atoms with van der Waals surface area (Å²) in [4.78, 5) is 0. The highest BCUT2D eigenvalue weighted by molar-refractivity contribution is 6.05. The predicted molar refractivity (Wildman–Crippen MR) is 99.3 cm³/mol. The number of fused-ring (bicyclic) bond motifs is 3. The van der Waals surface area contributed by atoms with E-state index in [9.17, 15) is 0 Å². The van der Waals surface area contributed by atoms with E-state index in [1.54, 1.807) is 0 Å². The summed E-state index contributed by atoms with van der Waals surface area (Å²) in [7, 11) is 0. The van der Waals surface area contributed by atoms with Gasteiger partial charge in [0.1, 0.15) is 11.2 Å². The van der Waals surface area contributed by atoms with Crippen molar-refractivity contribution in [2.24, 2.45) is 5.73 Å². The number of furan rings is 1. The van der Waals surface area contributed by atoms with Crippen LogP contribution in [0.2, 0.25) is 0 Å². The van der Waals surface area contributed by atoms with E-state index in [0.717, 1.165) is 33.1 Å². The Balaban J connectivity index is 1.91. The van der Waals surface area contributed by atoms with E-state index in [0.29, 0.717) is 0 Å². The quantitative estimate of drug-likeness (QED) is 0.651. The van der Waals surface area contributed by atoms with E-state index >= 15 is 0 Å². The molecule has 0 saturated carbocycles. The third-order valence-electron chi connectivity index (χ3n) is 3.98. The highest BCUT2D eigenvalue weighted by Gasteiger charge is 2.06. The molecule has 0 saturated heterocycles. The molecule has 1 atom stereocenters. The van der Waals surface area contributed by atoms with Crippen LogP contribution >= 0.6 is 0 Å². The molecule has 0 aliphatic rings. The van der Waals surface area contributed by atoms with Crippen LogP contribution in [-0.2, 0) is 0 Å². The minimum atomic E-state index is -0.109. The number of hydrogen-bond donors (Lipinski definition) is 1. The van der Waals surface area contributed by atoms with Gasteiger partial charge in [-0.2, -0.15) is 0 Å². The molecule has 0 fully saturated rings. The molecule has 0 aliphatic carbocycles. The number of hydrogen-bond acceptors (Lipinski definition) is 2. The lowest BCUT2D eigenvalue weighted by atomic mass is 10.0. The Hall–Kier alpha value is -2.58. The Kier molecular flexibility index (Phi) is 4.45. The molecule has 2 nitrogen and oxygen atoms in total. The zero-order valence-corrected chi connectivity index (χ0v) is 13.5. The van der Waals surface area contributed by atoms with Crippen LogP contribution < -0.4 is 5.73 Å². The largest absolute Gasteiger partial charge is 0.456 e. The molecule has 3 aromatic rings. The normalized spacial score (nSPS) is 14.5. The van der Waals surface area contributed by atoms with Gasteiger partial charge in [0.2, 0.25) is 0 Å². The van der Waals surface area contributed by atoms with E-state index in [4.69, 9.17) is 10.2 Å². The highest BCUT2D eigenvalue weighted by Crippen LogP contribution is 2.29. The molecule has 2 N–H and O–H groups in total. The summed E-state index contributed by atoms with van der Waals surface area (Å²) >= 11 is 0. The Morgan fingerprint density at radius 3 is 2.61 bits per heavy atom. The van der Waals surface area contributed by atoms with Gasteiger partial charge in [-0.1, -0.05) is 54.6 Å². The fourth-order valence-electron chi connectivity index (χ4n) is 2.76. The lowest BCUT2D eigenvalue weighted by Crippen LogP contribution is -2.18. The summed E-state index contributed by atoms with van der Waals surface area (Å²) in [5.74, 6) is 0. The molecule has 1 heterocycles. The Labute approximate surface area is 136 Å². The number of nitrogens with two attached hydrogens (primary N) is 1. The van der Waals surface area contributed by atoms with Crippen LogP contribution in [0.15, 0.2) is 76.8 Å². The number of para-hydroxylation sites is 1. The number of rotatable bonds is 4. The van der Waals surface area contributed by atoms with E-state index in [2.05, 4.69) is 24.3 Å². The van der Waals surface area contributed by atoms with Crippen molar-refractivity contribution in [1.82, 2.24) is 0 Å². The second-order valence-electron chi connectivity index (χ2n) is 5.53. The average molecular weight is 303 g/mol. The maximum absolute atomic E-state index is 6.21. The van der Waals surface area contributed by atoms with Crippen molar-refractivity contribution in [1.29, 1.82) is 0 Å².